The van der Waals surface area contributed by atoms with Crippen LogP contribution in [0.25, 0.3) is 0 Å². The normalized spacial score (nSPS) is 15.1. The van der Waals surface area contributed by atoms with Crippen LogP contribution in [-0.4, -0.2) is 19.2 Å². The minimum Gasteiger partial charge on any atom is -0.493 e. The lowest BCUT2D eigenvalue weighted by Gasteiger charge is -2.27. The van der Waals surface area contributed by atoms with Gasteiger partial charge in [-0.3, -0.25) is 0 Å². The third-order valence-corrected chi connectivity index (χ3v) is 4.76. The molecule has 3 heteroatoms. The summed E-state index contributed by atoms with van der Waals surface area (Å²) in [4.78, 5) is 0. The predicted molar refractivity (Wildman–Crippen MR) is 90.5 cm³/mol. The van der Waals surface area contributed by atoms with Gasteiger partial charge in [0.2, 0.25) is 0 Å². The van der Waals surface area contributed by atoms with E-state index in [-0.39, 0.29) is 0 Å². The van der Waals surface area contributed by atoms with Crippen LogP contribution in [0.5, 0.6) is 5.75 Å². The van der Waals surface area contributed by atoms with E-state index in [4.69, 9.17) is 16.3 Å². The molecule has 1 aliphatic heterocycles. The third-order valence-electron chi connectivity index (χ3n) is 4.54. The van der Waals surface area contributed by atoms with Crippen molar-refractivity contribution in [1.29, 1.82) is 0 Å². The molecule has 1 N–H and O–H groups in total. The Morgan fingerprint density at radius 2 is 2.00 bits per heavy atom. The minimum atomic E-state index is 0.506. The van der Waals surface area contributed by atoms with Crippen LogP contribution in [0.1, 0.15) is 51.2 Å². The van der Waals surface area contributed by atoms with Gasteiger partial charge < -0.3 is 10.1 Å². The van der Waals surface area contributed by atoms with Crippen LogP contribution < -0.4 is 10.1 Å². The maximum atomic E-state index is 6.29. The number of hydrogen-bond acceptors (Lipinski definition) is 2. The predicted octanol–water partition coefficient (Wildman–Crippen LogP) is 4.62. The lowest BCUT2D eigenvalue weighted by atomic mass is 9.88. The molecule has 0 bridgehead atoms. The molecule has 1 atom stereocenters. The van der Waals surface area contributed by atoms with Crippen LogP contribution in [0.2, 0.25) is 5.02 Å². The summed E-state index contributed by atoms with van der Waals surface area (Å²) >= 11 is 6.29. The van der Waals surface area contributed by atoms with Gasteiger partial charge in [-0.05, 0) is 48.6 Å². The molecule has 0 saturated carbocycles. The monoisotopic (exact) mass is 309 g/mol. The Morgan fingerprint density at radius 1 is 1.24 bits per heavy atom. The molecule has 0 spiro atoms. The Labute approximate surface area is 134 Å². The van der Waals surface area contributed by atoms with Crippen molar-refractivity contribution < 1.29 is 4.74 Å². The molecule has 1 aromatic rings. The van der Waals surface area contributed by atoms with Gasteiger partial charge >= 0.3 is 0 Å². The molecule has 21 heavy (non-hydrogen) atoms. The van der Waals surface area contributed by atoms with Gasteiger partial charge in [0.25, 0.3) is 0 Å². The summed E-state index contributed by atoms with van der Waals surface area (Å²) in [6.07, 6.45) is 5.58. The van der Waals surface area contributed by atoms with Crippen molar-refractivity contribution in [3.63, 3.8) is 0 Å². The van der Waals surface area contributed by atoms with Crippen LogP contribution >= 0.6 is 11.6 Å². The van der Waals surface area contributed by atoms with E-state index in [0.717, 1.165) is 36.8 Å². The summed E-state index contributed by atoms with van der Waals surface area (Å²) in [5.41, 5.74) is 2.55. The smallest absolute Gasteiger partial charge is 0.125 e. The second kappa shape index (κ2) is 8.05. The van der Waals surface area contributed by atoms with Gasteiger partial charge in [0.05, 0.1) is 6.61 Å². The lowest BCUT2D eigenvalue weighted by molar-refractivity contribution is 0.321. The first kappa shape index (κ1) is 16.6. The van der Waals surface area contributed by atoms with Crippen molar-refractivity contribution in [2.24, 2.45) is 5.92 Å². The van der Waals surface area contributed by atoms with E-state index in [2.05, 4.69) is 38.2 Å². The summed E-state index contributed by atoms with van der Waals surface area (Å²) in [7, 11) is 0. The van der Waals surface area contributed by atoms with Crippen LogP contribution in [-0.2, 0) is 12.8 Å². The van der Waals surface area contributed by atoms with Gasteiger partial charge in [0.1, 0.15) is 5.75 Å². The van der Waals surface area contributed by atoms with Gasteiger partial charge in [-0.1, -0.05) is 45.2 Å². The van der Waals surface area contributed by atoms with Crippen LogP contribution in [0.4, 0.5) is 0 Å². The number of nitrogens with one attached hydrogen (secondary N) is 1. The van der Waals surface area contributed by atoms with Crippen molar-refractivity contribution in [3.05, 3.63) is 28.3 Å². The highest BCUT2D eigenvalue weighted by molar-refractivity contribution is 6.30. The SMILES string of the molecule is CCCNC(Cc1cc(Cl)cc2c1OCC2)C(CC)CC. The standard InChI is InChI=1S/C18H28ClNO/c1-4-8-20-17(13(5-2)6-3)12-15-11-16(19)10-14-7-9-21-18(14)15/h10-11,13,17,20H,4-9,12H2,1-3H3. The Kier molecular flexibility index (Phi) is 6.38. The molecule has 0 radical (unpaired) electrons. The Bertz CT molecular complexity index is 457. The fourth-order valence-electron chi connectivity index (χ4n) is 3.33. The number of rotatable bonds is 8. The van der Waals surface area contributed by atoms with Gasteiger partial charge in [-0.25, -0.2) is 0 Å². The zero-order valence-corrected chi connectivity index (χ0v) is 14.3. The number of ether oxygens (including phenoxy) is 1. The average molecular weight is 310 g/mol. The molecule has 2 nitrogen and oxygen atoms in total. The number of fused-ring (bicyclic) bond motifs is 1. The zero-order chi connectivity index (χ0) is 15.2. The molecule has 0 aliphatic carbocycles. The summed E-state index contributed by atoms with van der Waals surface area (Å²) in [5.74, 6) is 1.79. The number of hydrogen-bond donors (Lipinski definition) is 1. The third kappa shape index (κ3) is 4.14. The second-order valence-electron chi connectivity index (χ2n) is 5.99. The molecule has 0 fully saturated rings. The summed E-state index contributed by atoms with van der Waals surface area (Å²) < 4.78 is 5.85. The molecular weight excluding hydrogens is 282 g/mol. The van der Waals surface area contributed by atoms with Crippen molar-refractivity contribution in [2.45, 2.75) is 58.9 Å². The lowest BCUT2D eigenvalue weighted by Crippen LogP contribution is -2.38. The first-order valence-corrected chi connectivity index (χ1v) is 8.74. The molecular formula is C18H28ClNO. The largest absolute Gasteiger partial charge is 0.493 e. The van der Waals surface area contributed by atoms with Gasteiger partial charge in [-0.2, -0.15) is 0 Å². The molecule has 2 rings (SSSR count). The molecule has 1 aliphatic rings. The van der Waals surface area contributed by atoms with Gasteiger partial charge in [0, 0.05) is 17.5 Å². The number of halogens is 1. The zero-order valence-electron chi connectivity index (χ0n) is 13.5. The van der Waals surface area contributed by atoms with Gasteiger partial charge in [0.15, 0.2) is 0 Å². The molecule has 1 unspecified atom stereocenters. The Morgan fingerprint density at radius 3 is 2.67 bits per heavy atom. The second-order valence-corrected chi connectivity index (χ2v) is 6.43. The quantitative estimate of drug-likeness (QED) is 0.756. The Balaban J connectivity index is 2.19. The molecule has 0 aromatic heterocycles. The van der Waals surface area contributed by atoms with E-state index in [1.54, 1.807) is 0 Å². The van der Waals surface area contributed by atoms with E-state index in [1.807, 2.05) is 0 Å². The minimum absolute atomic E-state index is 0.506. The molecule has 118 valence electrons. The summed E-state index contributed by atoms with van der Waals surface area (Å²) in [6.45, 7) is 8.66. The summed E-state index contributed by atoms with van der Waals surface area (Å²) in [5, 5.41) is 4.57. The highest BCUT2D eigenvalue weighted by Gasteiger charge is 2.23. The molecule has 1 heterocycles. The molecule has 1 aromatic carbocycles. The van der Waals surface area contributed by atoms with E-state index in [0.29, 0.717) is 12.0 Å². The van der Waals surface area contributed by atoms with Crippen molar-refractivity contribution in [2.75, 3.05) is 13.2 Å². The topological polar surface area (TPSA) is 21.3 Å². The fourth-order valence-corrected chi connectivity index (χ4v) is 3.59. The van der Waals surface area contributed by atoms with Crippen molar-refractivity contribution in [1.82, 2.24) is 5.32 Å². The van der Waals surface area contributed by atoms with Crippen LogP contribution in [0.15, 0.2) is 12.1 Å². The van der Waals surface area contributed by atoms with E-state index in [9.17, 15) is 0 Å². The van der Waals surface area contributed by atoms with E-state index in [1.165, 1.54) is 30.4 Å². The first-order valence-electron chi connectivity index (χ1n) is 8.37. The van der Waals surface area contributed by atoms with Crippen molar-refractivity contribution >= 4 is 11.6 Å². The number of benzene rings is 1. The van der Waals surface area contributed by atoms with Gasteiger partial charge in [-0.15, -0.1) is 0 Å². The van der Waals surface area contributed by atoms with E-state index >= 15 is 0 Å². The molecule has 0 amide bonds. The van der Waals surface area contributed by atoms with Crippen LogP contribution in [0, 0.1) is 5.92 Å². The Hall–Kier alpha value is -0.730. The first-order chi connectivity index (χ1) is 10.2. The highest BCUT2D eigenvalue weighted by Crippen LogP contribution is 2.34. The molecule has 0 saturated heterocycles. The highest BCUT2D eigenvalue weighted by atomic mass is 35.5. The maximum Gasteiger partial charge on any atom is 0.125 e. The maximum absolute atomic E-state index is 6.29. The van der Waals surface area contributed by atoms with E-state index < -0.39 is 0 Å². The average Bonchev–Trinajstić information content (AvgIpc) is 2.93. The van der Waals surface area contributed by atoms with Crippen molar-refractivity contribution in [3.8, 4) is 5.75 Å². The fraction of sp³-hybridized carbons (Fsp3) is 0.667. The van der Waals surface area contributed by atoms with Crippen LogP contribution in [0.3, 0.4) is 0 Å². The summed E-state index contributed by atoms with van der Waals surface area (Å²) in [6, 6.07) is 4.65.